The van der Waals surface area contributed by atoms with Crippen LogP contribution in [0.15, 0.2) is 36.4 Å². The monoisotopic (exact) mass is 296 g/mol. The van der Waals surface area contributed by atoms with Gasteiger partial charge < -0.3 is 10.1 Å². The van der Waals surface area contributed by atoms with Crippen molar-refractivity contribution in [1.29, 1.82) is 5.26 Å². The first-order chi connectivity index (χ1) is 10.0. The van der Waals surface area contributed by atoms with E-state index >= 15 is 0 Å². The van der Waals surface area contributed by atoms with Crippen LogP contribution in [0.25, 0.3) is 0 Å². The molecule has 0 unspecified atom stereocenters. The maximum Gasteiger partial charge on any atom is 0.387 e. The van der Waals surface area contributed by atoms with Crippen molar-refractivity contribution in [2.75, 3.05) is 5.32 Å². The van der Waals surface area contributed by atoms with Gasteiger partial charge in [-0.05, 0) is 36.4 Å². The largest absolute Gasteiger partial charge is 0.435 e. The standard InChI is InChI=1S/C14H8F4N2O/c15-12-8(7-19)1-6-11(13(12)16)20-9-2-4-10(5-3-9)21-14(17)18/h1-6,14,20H. The van der Waals surface area contributed by atoms with Crippen LogP contribution in [0, 0.1) is 23.0 Å². The maximum absolute atomic E-state index is 13.7. The first-order valence-corrected chi connectivity index (χ1v) is 5.71. The molecule has 0 amide bonds. The van der Waals surface area contributed by atoms with Gasteiger partial charge in [-0.1, -0.05) is 0 Å². The van der Waals surface area contributed by atoms with E-state index in [0.717, 1.165) is 6.07 Å². The Morgan fingerprint density at radius 2 is 1.67 bits per heavy atom. The molecule has 108 valence electrons. The number of nitrogens with zero attached hydrogens (tertiary/aromatic N) is 1. The summed E-state index contributed by atoms with van der Waals surface area (Å²) >= 11 is 0. The smallest absolute Gasteiger partial charge is 0.387 e. The first-order valence-electron chi connectivity index (χ1n) is 5.71. The van der Waals surface area contributed by atoms with E-state index in [1.807, 2.05) is 0 Å². The van der Waals surface area contributed by atoms with Crippen LogP contribution >= 0.6 is 0 Å². The Morgan fingerprint density at radius 3 is 2.24 bits per heavy atom. The number of anilines is 2. The van der Waals surface area contributed by atoms with E-state index in [1.54, 1.807) is 0 Å². The molecule has 0 heterocycles. The third kappa shape index (κ3) is 3.42. The highest BCUT2D eigenvalue weighted by Crippen LogP contribution is 2.25. The van der Waals surface area contributed by atoms with Crippen LogP contribution in [0.5, 0.6) is 5.75 Å². The van der Waals surface area contributed by atoms with E-state index < -0.39 is 23.8 Å². The summed E-state index contributed by atoms with van der Waals surface area (Å²) in [6, 6.07) is 9.11. The van der Waals surface area contributed by atoms with Crippen molar-refractivity contribution in [1.82, 2.24) is 0 Å². The third-order valence-electron chi connectivity index (χ3n) is 2.56. The van der Waals surface area contributed by atoms with Gasteiger partial charge in [-0.3, -0.25) is 0 Å². The van der Waals surface area contributed by atoms with Gasteiger partial charge in [0.2, 0.25) is 0 Å². The Labute approximate surface area is 117 Å². The molecule has 0 aromatic heterocycles. The highest BCUT2D eigenvalue weighted by Gasteiger charge is 2.13. The second-order valence-corrected chi connectivity index (χ2v) is 3.93. The highest BCUT2D eigenvalue weighted by atomic mass is 19.3. The predicted molar refractivity (Wildman–Crippen MR) is 67.4 cm³/mol. The zero-order valence-corrected chi connectivity index (χ0v) is 10.4. The molecule has 0 aliphatic heterocycles. The summed E-state index contributed by atoms with van der Waals surface area (Å²) in [4.78, 5) is 0. The van der Waals surface area contributed by atoms with Crippen molar-refractivity contribution in [2.24, 2.45) is 0 Å². The van der Waals surface area contributed by atoms with Gasteiger partial charge >= 0.3 is 6.61 Å². The molecule has 2 aromatic rings. The van der Waals surface area contributed by atoms with Crippen molar-refractivity contribution in [2.45, 2.75) is 6.61 Å². The lowest BCUT2D eigenvalue weighted by Gasteiger charge is -2.10. The van der Waals surface area contributed by atoms with Gasteiger partial charge in [0.05, 0.1) is 11.3 Å². The first kappa shape index (κ1) is 14.7. The van der Waals surface area contributed by atoms with Gasteiger partial charge in [0.15, 0.2) is 11.6 Å². The molecule has 0 radical (unpaired) electrons. The number of nitriles is 1. The average molecular weight is 296 g/mol. The van der Waals surface area contributed by atoms with E-state index in [1.165, 1.54) is 36.4 Å². The molecular formula is C14H8F4N2O. The lowest BCUT2D eigenvalue weighted by Crippen LogP contribution is -2.02. The van der Waals surface area contributed by atoms with E-state index in [-0.39, 0.29) is 11.4 Å². The summed E-state index contributed by atoms with van der Waals surface area (Å²) in [7, 11) is 0. The van der Waals surface area contributed by atoms with Crippen LogP contribution in [0.3, 0.4) is 0 Å². The van der Waals surface area contributed by atoms with Crippen LogP contribution in [0.4, 0.5) is 28.9 Å². The molecule has 21 heavy (non-hydrogen) atoms. The molecule has 0 aliphatic carbocycles. The zero-order chi connectivity index (χ0) is 15.4. The lowest BCUT2D eigenvalue weighted by molar-refractivity contribution is -0.0498. The molecular weight excluding hydrogens is 288 g/mol. The maximum atomic E-state index is 13.7. The minimum Gasteiger partial charge on any atom is -0.435 e. The van der Waals surface area contributed by atoms with Crippen LogP contribution < -0.4 is 10.1 Å². The molecule has 0 saturated carbocycles. The summed E-state index contributed by atoms with van der Waals surface area (Å²) in [6.45, 7) is -2.94. The van der Waals surface area contributed by atoms with E-state index in [0.29, 0.717) is 5.69 Å². The molecule has 0 aliphatic rings. The van der Waals surface area contributed by atoms with Gasteiger partial charge in [0.1, 0.15) is 11.8 Å². The Kier molecular flexibility index (Phi) is 4.28. The normalized spacial score (nSPS) is 10.3. The Balaban J connectivity index is 2.19. The van der Waals surface area contributed by atoms with Crippen molar-refractivity contribution >= 4 is 11.4 Å². The predicted octanol–water partition coefficient (Wildman–Crippen LogP) is 4.18. The van der Waals surface area contributed by atoms with Gasteiger partial charge in [0, 0.05) is 5.69 Å². The average Bonchev–Trinajstić information content (AvgIpc) is 2.45. The second kappa shape index (κ2) is 6.13. The Bertz CT molecular complexity index is 681. The molecule has 0 atom stereocenters. The fourth-order valence-electron chi connectivity index (χ4n) is 1.61. The Hall–Kier alpha value is -2.75. The van der Waals surface area contributed by atoms with Gasteiger partial charge in [-0.2, -0.15) is 14.0 Å². The third-order valence-corrected chi connectivity index (χ3v) is 2.56. The minimum atomic E-state index is -2.94. The van der Waals surface area contributed by atoms with Gasteiger partial charge in [-0.15, -0.1) is 0 Å². The molecule has 0 saturated heterocycles. The second-order valence-electron chi connectivity index (χ2n) is 3.93. The number of hydrogen-bond donors (Lipinski definition) is 1. The highest BCUT2D eigenvalue weighted by molar-refractivity contribution is 5.62. The number of rotatable bonds is 4. The molecule has 0 bridgehead atoms. The van der Waals surface area contributed by atoms with Crippen LogP contribution in [-0.2, 0) is 0 Å². The fraction of sp³-hybridized carbons (Fsp3) is 0.0714. The number of alkyl halides is 2. The van der Waals surface area contributed by atoms with Crippen molar-refractivity contribution in [3.05, 3.63) is 53.6 Å². The van der Waals surface area contributed by atoms with Crippen LogP contribution in [0.1, 0.15) is 5.56 Å². The van der Waals surface area contributed by atoms with Crippen LogP contribution in [-0.4, -0.2) is 6.61 Å². The lowest BCUT2D eigenvalue weighted by atomic mass is 10.2. The van der Waals surface area contributed by atoms with Crippen molar-refractivity contribution < 1.29 is 22.3 Å². The van der Waals surface area contributed by atoms with Crippen LogP contribution in [0.2, 0.25) is 0 Å². The van der Waals surface area contributed by atoms with E-state index in [2.05, 4.69) is 10.1 Å². The molecule has 0 fully saturated rings. The van der Waals surface area contributed by atoms with E-state index in [9.17, 15) is 17.6 Å². The molecule has 2 aromatic carbocycles. The quantitative estimate of drug-likeness (QED) is 0.861. The fourth-order valence-corrected chi connectivity index (χ4v) is 1.61. The number of nitrogens with one attached hydrogen (secondary N) is 1. The molecule has 3 nitrogen and oxygen atoms in total. The summed E-state index contributed by atoms with van der Waals surface area (Å²) < 4.78 is 55.2. The van der Waals surface area contributed by atoms with Crippen molar-refractivity contribution in [3.63, 3.8) is 0 Å². The Morgan fingerprint density at radius 1 is 1.00 bits per heavy atom. The zero-order valence-electron chi connectivity index (χ0n) is 10.4. The van der Waals surface area contributed by atoms with Gasteiger partial charge in [0.25, 0.3) is 0 Å². The molecule has 1 N–H and O–H groups in total. The summed E-state index contributed by atoms with van der Waals surface area (Å²) in [5, 5.41) is 11.2. The molecule has 7 heteroatoms. The minimum absolute atomic E-state index is 0.0537. The number of benzene rings is 2. The SMILES string of the molecule is N#Cc1ccc(Nc2ccc(OC(F)F)cc2)c(F)c1F. The molecule has 2 rings (SSSR count). The van der Waals surface area contributed by atoms with Crippen molar-refractivity contribution in [3.8, 4) is 11.8 Å². The summed E-state index contributed by atoms with van der Waals surface area (Å²) in [5.74, 6) is -2.50. The molecule has 0 spiro atoms. The summed E-state index contributed by atoms with van der Waals surface area (Å²) in [6.07, 6.45) is 0. The number of halogens is 4. The summed E-state index contributed by atoms with van der Waals surface area (Å²) in [5.41, 5.74) is -0.229. The number of ether oxygens (including phenoxy) is 1. The van der Waals surface area contributed by atoms with E-state index in [4.69, 9.17) is 5.26 Å². The topological polar surface area (TPSA) is 45.0 Å². The van der Waals surface area contributed by atoms with Gasteiger partial charge in [-0.25, -0.2) is 8.78 Å². The number of hydrogen-bond acceptors (Lipinski definition) is 3.